The van der Waals surface area contributed by atoms with Crippen LogP contribution in [-0.2, 0) is 4.79 Å². The van der Waals surface area contributed by atoms with E-state index in [1.54, 1.807) is 30.4 Å². The topological polar surface area (TPSA) is 82.8 Å². The van der Waals surface area contributed by atoms with Gasteiger partial charge in [0.25, 0.3) is 5.56 Å². The minimum Gasteiger partial charge on any atom is -0.490 e. The molecule has 0 bridgehead atoms. The molecule has 150 valence electrons. The number of rotatable bonds is 6. The van der Waals surface area contributed by atoms with Crippen molar-refractivity contribution < 1.29 is 14.3 Å². The maximum absolute atomic E-state index is 12.7. The maximum Gasteiger partial charge on any atom is 0.308 e. The Morgan fingerprint density at radius 1 is 1.20 bits per heavy atom. The summed E-state index contributed by atoms with van der Waals surface area (Å²) in [5.41, 5.74) is 1.28. The minimum atomic E-state index is -0.400. The van der Waals surface area contributed by atoms with Crippen LogP contribution in [0.25, 0.3) is 22.4 Å². The lowest BCUT2D eigenvalue weighted by molar-refractivity contribution is -0.131. The van der Waals surface area contributed by atoms with Crippen molar-refractivity contribution in [3.63, 3.8) is 0 Å². The SMILES string of the molecule is C=CCOc1ccc(-c2nc3s/c(=C\c4cccc(OC(C)=O)c4)c(=O)n3n2)cc1. The smallest absolute Gasteiger partial charge is 0.308 e. The number of hydrogen-bond donors (Lipinski definition) is 0. The van der Waals surface area contributed by atoms with E-state index in [9.17, 15) is 9.59 Å². The van der Waals surface area contributed by atoms with Gasteiger partial charge in [0, 0.05) is 12.5 Å². The highest BCUT2D eigenvalue weighted by molar-refractivity contribution is 7.15. The highest BCUT2D eigenvalue weighted by Crippen LogP contribution is 2.20. The first-order valence-corrected chi connectivity index (χ1v) is 9.89. The predicted octanol–water partition coefficient (Wildman–Crippen LogP) is 2.86. The zero-order valence-corrected chi connectivity index (χ0v) is 16.9. The molecular weight excluding hydrogens is 402 g/mol. The van der Waals surface area contributed by atoms with Gasteiger partial charge in [-0.25, -0.2) is 0 Å². The molecule has 0 saturated carbocycles. The molecule has 0 aliphatic rings. The summed E-state index contributed by atoms with van der Waals surface area (Å²) in [6, 6.07) is 14.3. The van der Waals surface area contributed by atoms with Gasteiger partial charge in [-0.15, -0.1) is 5.10 Å². The van der Waals surface area contributed by atoms with Crippen LogP contribution in [0.2, 0.25) is 0 Å². The largest absolute Gasteiger partial charge is 0.490 e. The first-order valence-electron chi connectivity index (χ1n) is 9.07. The molecule has 0 N–H and O–H groups in total. The van der Waals surface area contributed by atoms with Crippen LogP contribution in [0.4, 0.5) is 0 Å². The van der Waals surface area contributed by atoms with Crippen molar-refractivity contribution in [2.24, 2.45) is 0 Å². The summed E-state index contributed by atoms with van der Waals surface area (Å²) in [7, 11) is 0. The lowest BCUT2D eigenvalue weighted by atomic mass is 10.2. The quantitative estimate of drug-likeness (QED) is 0.272. The van der Waals surface area contributed by atoms with Crippen LogP contribution in [0.5, 0.6) is 11.5 Å². The van der Waals surface area contributed by atoms with E-state index in [-0.39, 0.29) is 5.56 Å². The highest BCUT2D eigenvalue weighted by atomic mass is 32.1. The highest BCUT2D eigenvalue weighted by Gasteiger charge is 2.12. The Morgan fingerprint density at radius 3 is 2.70 bits per heavy atom. The number of nitrogens with zero attached hydrogens (tertiary/aromatic N) is 3. The van der Waals surface area contributed by atoms with Crippen molar-refractivity contribution in [3.8, 4) is 22.9 Å². The Kier molecular flexibility index (Phi) is 5.40. The molecule has 2 aromatic carbocycles. The predicted molar refractivity (Wildman–Crippen MR) is 115 cm³/mol. The Labute approximate surface area is 175 Å². The van der Waals surface area contributed by atoms with Gasteiger partial charge in [0.15, 0.2) is 5.82 Å². The molecule has 2 heterocycles. The number of thiazole rings is 1. The first-order chi connectivity index (χ1) is 14.5. The van der Waals surface area contributed by atoms with Crippen molar-refractivity contribution >= 4 is 28.3 Å². The molecule has 4 rings (SSSR count). The number of ether oxygens (including phenoxy) is 2. The summed E-state index contributed by atoms with van der Waals surface area (Å²) in [6.07, 6.45) is 3.40. The van der Waals surface area contributed by atoms with E-state index in [1.807, 2.05) is 30.3 Å². The molecule has 0 atom stereocenters. The molecule has 0 amide bonds. The van der Waals surface area contributed by atoms with E-state index >= 15 is 0 Å². The Hall–Kier alpha value is -3.78. The Bertz CT molecular complexity index is 1340. The fraction of sp³-hybridized carbons (Fsp3) is 0.0909. The van der Waals surface area contributed by atoms with Crippen LogP contribution < -0.4 is 19.6 Å². The first kappa shape index (κ1) is 19.5. The van der Waals surface area contributed by atoms with Gasteiger partial charge in [-0.2, -0.15) is 9.50 Å². The van der Waals surface area contributed by atoms with Gasteiger partial charge < -0.3 is 9.47 Å². The van der Waals surface area contributed by atoms with Crippen LogP contribution in [-0.4, -0.2) is 27.2 Å². The van der Waals surface area contributed by atoms with Gasteiger partial charge in [0.2, 0.25) is 4.96 Å². The van der Waals surface area contributed by atoms with E-state index in [0.29, 0.717) is 27.7 Å². The normalized spacial score (nSPS) is 11.6. The number of fused-ring (bicyclic) bond motifs is 1. The van der Waals surface area contributed by atoms with Crippen LogP contribution in [0, 0.1) is 0 Å². The zero-order valence-electron chi connectivity index (χ0n) is 16.1. The number of benzene rings is 2. The molecule has 0 aliphatic carbocycles. The molecule has 30 heavy (non-hydrogen) atoms. The van der Waals surface area contributed by atoms with Crippen molar-refractivity contribution in [3.05, 3.63) is 81.6 Å². The van der Waals surface area contributed by atoms with E-state index in [2.05, 4.69) is 16.7 Å². The average Bonchev–Trinajstić information content (AvgIpc) is 3.26. The van der Waals surface area contributed by atoms with E-state index in [0.717, 1.165) is 16.9 Å². The number of hydrogen-bond acceptors (Lipinski definition) is 7. The number of carbonyl (C=O) groups is 1. The molecule has 0 saturated heterocycles. The zero-order chi connectivity index (χ0) is 21.1. The molecular formula is C22H17N3O4S. The second-order valence-electron chi connectivity index (χ2n) is 6.34. The van der Waals surface area contributed by atoms with Crippen LogP contribution in [0.3, 0.4) is 0 Å². The number of carbonyl (C=O) groups excluding carboxylic acids is 1. The van der Waals surface area contributed by atoms with Gasteiger partial charge >= 0.3 is 5.97 Å². The minimum absolute atomic E-state index is 0.252. The van der Waals surface area contributed by atoms with E-state index < -0.39 is 5.97 Å². The van der Waals surface area contributed by atoms with Crippen molar-refractivity contribution in [2.75, 3.05) is 6.61 Å². The summed E-state index contributed by atoms with van der Waals surface area (Å²) >= 11 is 1.25. The average molecular weight is 419 g/mol. The summed E-state index contributed by atoms with van der Waals surface area (Å²) in [5.74, 6) is 1.21. The fourth-order valence-corrected chi connectivity index (χ4v) is 3.70. The molecule has 8 heteroatoms. The van der Waals surface area contributed by atoms with E-state index in [4.69, 9.17) is 9.47 Å². The van der Waals surface area contributed by atoms with Gasteiger partial charge in [-0.05, 0) is 48.0 Å². The Morgan fingerprint density at radius 2 is 2.00 bits per heavy atom. The standard InChI is InChI=1S/C22H17N3O4S/c1-3-11-28-17-9-7-16(8-10-17)20-23-22-25(24-20)21(27)19(30-22)13-15-5-4-6-18(12-15)29-14(2)26/h3-10,12-13H,1,11H2,2H3/b19-13-. The third kappa shape index (κ3) is 4.13. The summed E-state index contributed by atoms with van der Waals surface area (Å²) in [4.78, 5) is 28.8. The molecule has 0 unspecified atom stereocenters. The van der Waals surface area contributed by atoms with Gasteiger partial charge in [-0.3, -0.25) is 9.59 Å². The van der Waals surface area contributed by atoms with Crippen LogP contribution in [0.1, 0.15) is 12.5 Å². The summed E-state index contributed by atoms with van der Waals surface area (Å²) in [5, 5.41) is 4.35. The van der Waals surface area contributed by atoms with Crippen LogP contribution in [0.15, 0.2) is 66.0 Å². The third-order valence-corrected chi connectivity index (χ3v) is 5.04. The van der Waals surface area contributed by atoms with Gasteiger partial charge in [0.1, 0.15) is 18.1 Å². The monoisotopic (exact) mass is 419 g/mol. The van der Waals surface area contributed by atoms with E-state index in [1.165, 1.54) is 22.8 Å². The molecule has 4 aromatic rings. The third-order valence-electron chi connectivity index (χ3n) is 4.08. The Balaban J connectivity index is 1.64. The molecule has 7 nitrogen and oxygen atoms in total. The second-order valence-corrected chi connectivity index (χ2v) is 7.34. The van der Waals surface area contributed by atoms with Crippen molar-refractivity contribution in [1.29, 1.82) is 0 Å². The molecule has 2 aromatic heterocycles. The molecule has 0 fully saturated rings. The number of aromatic nitrogens is 3. The lowest BCUT2D eigenvalue weighted by Gasteiger charge is -2.02. The molecule has 0 radical (unpaired) electrons. The molecule has 0 aliphatic heterocycles. The maximum atomic E-state index is 12.7. The molecule has 0 spiro atoms. The van der Waals surface area contributed by atoms with Crippen molar-refractivity contribution in [1.82, 2.24) is 14.6 Å². The lowest BCUT2D eigenvalue weighted by Crippen LogP contribution is -2.23. The fourth-order valence-electron chi connectivity index (χ4n) is 2.80. The van der Waals surface area contributed by atoms with Crippen molar-refractivity contribution in [2.45, 2.75) is 6.92 Å². The number of esters is 1. The second kappa shape index (κ2) is 8.30. The summed E-state index contributed by atoms with van der Waals surface area (Å²) < 4.78 is 12.3. The van der Waals surface area contributed by atoms with Gasteiger partial charge in [-0.1, -0.05) is 36.1 Å². The summed E-state index contributed by atoms with van der Waals surface area (Å²) in [6.45, 7) is 5.39. The van der Waals surface area contributed by atoms with Gasteiger partial charge in [0.05, 0.1) is 4.53 Å². The van der Waals surface area contributed by atoms with Crippen LogP contribution >= 0.6 is 11.3 Å².